The van der Waals surface area contributed by atoms with Gasteiger partial charge < -0.3 is 9.47 Å². The average molecular weight is 480 g/mol. The molecule has 1 aliphatic carbocycles. The molecular weight excluding hydrogens is 454 g/mol. The number of ether oxygens (including phenoxy) is 2. The Bertz CT molecular complexity index is 604. The zero-order chi connectivity index (χ0) is 25.1. The molecule has 0 aliphatic heterocycles. The van der Waals surface area contributed by atoms with Gasteiger partial charge >= 0.3 is 35.8 Å². The maximum absolute atomic E-state index is 14.1. The molecular formula is C18H26F10O3. The summed E-state index contributed by atoms with van der Waals surface area (Å²) in [6.45, 7) is 6.18. The Morgan fingerprint density at radius 2 is 1.42 bits per heavy atom. The van der Waals surface area contributed by atoms with Gasteiger partial charge in [0.25, 0.3) is 0 Å². The van der Waals surface area contributed by atoms with Crippen LogP contribution < -0.4 is 0 Å². The Morgan fingerprint density at radius 1 is 0.935 bits per heavy atom. The van der Waals surface area contributed by atoms with Gasteiger partial charge in [-0.05, 0) is 33.6 Å². The zero-order valence-electron chi connectivity index (χ0n) is 17.6. The van der Waals surface area contributed by atoms with Crippen LogP contribution in [0.1, 0.15) is 60.3 Å². The molecule has 0 bridgehead atoms. The Hall–Kier alpha value is -1.27. The van der Waals surface area contributed by atoms with Crippen molar-refractivity contribution >= 4 is 5.97 Å². The third-order valence-electron chi connectivity index (χ3n) is 4.88. The summed E-state index contributed by atoms with van der Waals surface area (Å²) in [4.78, 5) is 11.6. The number of carbonyl (C=O) groups is 1. The molecule has 0 aromatic carbocycles. The molecule has 1 rings (SSSR count). The van der Waals surface area contributed by atoms with Crippen LogP contribution in [0.25, 0.3) is 0 Å². The lowest BCUT2D eigenvalue weighted by Gasteiger charge is -2.45. The molecule has 0 aromatic rings. The number of hydrogen-bond donors (Lipinski definition) is 0. The largest absolute Gasteiger partial charge is 0.421 e. The second-order valence-corrected chi connectivity index (χ2v) is 7.85. The molecule has 2 unspecified atom stereocenters. The van der Waals surface area contributed by atoms with Crippen molar-refractivity contribution < 1.29 is 58.2 Å². The van der Waals surface area contributed by atoms with Crippen molar-refractivity contribution in [1.29, 1.82) is 0 Å². The Balaban J connectivity index is 0.000000759. The van der Waals surface area contributed by atoms with Gasteiger partial charge in [0.15, 0.2) is 0 Å². The third kappa shape index (κ3) is 6.85. The van der Waals surface area contributed by atoms with E-state index < -0.39 is 60.6 Å². The highest BCUT2D eigenvalue weighted by Gasteiger charge is 2.84. The lowest BCUT2D eigenvalue weighted by Crippen LogP contribution is -2.69. The molecule has 0 N–H and O–H groups in total. The topological polar surface area (TPSA) is 35.5 Å². The first-order valence-corrected chi connectivity index (χ1v) is 9.34. The molecule has 0 heterocycles. The Morgan fingerprint density at radius 3 is 1.81 bits per heavy atom. The number of hydrogen-bond acceptors (Lipinski definition) is 3. The van der Waals surface area contributed by atoms with E-state index in [2.05, 4.69) is 9.47 Å². The van der Waals surface area contributed by atoms with Crippen LogP contribution in [-0.4, -0.2) is 48.5 Å². The standard InChI is InChI=1S/C12H15F7O2.C6H11F3O/c1-4-8(2,3)7(20)21-10(15)6-5-9(13,14)11(16,17)12(10,18)19;1-3-5(2)10-4-6(7,8)9/h4-6H2,1-3H3;5H,3-4H2,1-2H3. The average Bonchev–Trinajstić information content (AvgIpc) is 2.63. The van der Waals surface area contributed by atoms with E-state index in [4.69, 9.17) is 0 Å². The molecule has 0 aromatic heterocycles. The zero-order valence-corrected chi connectivity index (χ0v) is 17.6. The van der Waals surface area contributed by atoms with E-state index in [9.17, 15) is 48.7 Å². The number of halogens is 10. The molecule has 13 heteroatoms. The minimum Gasteiger partial charge on any atom is -0.421 e. The van der Waals surface area contributed by atoms with Crippen LogP contribution >= 0.6 is 0 Å². The molecule has 3 nitrogen and oxygen atoms in total. The van der Waals surface area contributed by atoms with Gasteiger partial charge in [-0.2, -0.15) is 43.9 Å². The fraction of sp³-hybridized carbons (Fsp3) is 0.944. The number of carbonyl (C=O) groups excluding carboxylic acids is 1. The van der Waals surface area contributed by atoms with Crippen LogP contribution in [0.5, 0.6) is 0 Å². The molecule has 0 spiro atoms. The SMILES string of the molecule is CCC(C)(C)C(=O)OC1(F)CCC(F)(F)C(F)(F)C1(F)F.CCC(C)OCC(F)(F)F. The van der Waals surface area contributed by atoms with E-state index >= 15 is 0 Å². The Kier molecular flexibility index (Phi) is 9.30. The van der Waals surface area contributed by atoms with Crippen LogP contribution in [0.15, 0.2) is 0 Å². The maximum atomic E-state index is 14.1. The number of alkyl halides is 10. The summed E-state index contributed by atoms with van der Waals surface area (Å²) in [6, 6.07) is 0. The first-order valence-electron chi connectivity index (χ1n) is 9.34. The van der Waals surface area contributed by atoms with Crippen LogP contribution in [-0.2, 0) is 14.3 Å². The van der Waals surface area contributed by atoms with Gasteiger partial charge in [0, 0.05) is 12.8 Å². The summed E-state index contributed by atoms with van der Waals surface area (Å²) >= 11 is 0. The van der Waals surface area contributed by atoms with Gasteiger partial charge in [0.2, 0.25) is 0 Å². The summed E-state index contributed by atoms with van der Waals surface area (Å²) in [6.07, 6.45) is -7.40. The molecule has 1 fully saturated rings. The molecule has 0 radical (unpaired) electrons. The van der Waals surface area contributed by atoms with Crippen molar-refractivity contribution in [2.75, 3.05) is 6.61 Å². The summed E-state index contributed by atoms with van der Waals surface area (Å²) < 4.78 is 136. The minimum absolute atomic E-state index is 0.0556. The first-order chi connectivity index (χ1) is 13.6. The second kappa shape index (κ2) is 9.70. The minimum atomic E-state index is -5.95. The molecule has 1 saturated carbocycles. The van der Waals surface area contributed by atoms with E-state index in [0.29, 0.717) is 6.42 Å². The van der Waals surface area contributed by atoms with Crippen molar-refractivity contribution in [2.24, 2.45) is 5.41 Å². The molecule has 186 valence electrons. The van der Waals surface area contributed by atoms with E-state index in [1.807, 2.05) is 0 Å². The Labute approximate surface area is 173 Å². The van der Waals surface area contributed by atoms with Crippen LogP contribution in [0.4, 0.5) is 43.9 Å². The van der Waals surface area contributed by atoms with Gasteiger partial charge in [-0.15, -0.1) is 0 Å². The predicted molar refractivity (Wildman–Crippen MR) is 89.8 cm³/mol. The van der Waals surface area contributed by atoms with E-state index in [0.717, 1.165) is 0 Å². The second-order valence-electron chi connectivity index (χ2n) is 7.85. The highest BCUT2D eigenvalue weighted by Crippen LogP contribution is 2.59. The quantitative estimate of drug-likeness (QED) is 0.314. The normalized spacial score (nSPS) is 25.8. The van der Waals surface area contributed by atoms with Crippen molar-refractivity contribution in [3.8, 4) is 0 Å². The lowest BCUT2D eigenvalue weighted by atomic mass is 9.84. The fourth-order valence-corrected chi connectivity index (χ4v) is 2.00. The monoisotopic (exact) mass is 480 g/mol. The molecule has 0 amide bonds. The van der Waals surface area contributed by atoms with Gasteiger partial charge in [-0.3, -0.25) is 4.79 Å². The van der Waals surface area contributed by atoms with Crippen molar-refractivity contribution in [1.82, 2.24) is 0 Å². The number of esters is 1. The van der Waals surface area contributed by atoms with Gasteiger partial charge in [0.1, 0.15) is 6.61 Å². The number of rotatable bonds is 6. The van der Waals surface area contributed by atoms with E-state index in [1.165, 1.54) is 20.8 Å². The van der Waals surface area contributed by atoms with Crippen LogP contribution in [0.3, 0.4) is 0 Å². The lowest BCUT2D eigenvalue weighted by molar-refractivity contribution is -0.409. The predicted octanol–water partition coefficient (Wildman–Crippen LogP) is 6.70. The third-order valence-corrected chi connectivity index (χ3v) is 4.88. The highest BCUT2D eigenvalue weighted by atomic mass is 19.4. The molecule has 1 aliphatic rings. The molecule has 31 heavy (non-hydrogen) atoms. The van der Waals surface area contributed by atoms with E-state index in [1.54, 1.807) is 13.8 Å². The fourth-order valence-electron chi connectivity index (χ4n) is 2.00. The van der Waals surface area contributed by atoms with Crippen LogP contribution in [0, 0.1) is 5.41 Å². The summed E-state index contributed by atoms with van der Waals surface area (Å²) in [5.74, 6) is -22.8. The molecule has 2 atom stereocenters. The van der Waals surface area contributed by atoms with Crippen LogP contribution in [0.2, 0.25) is 0 Å². The van der Waals surface area contributed by atoms with Gasteiger partial charge in [0.05, 0.1) is 11.5 Å². The summed E-state index contributed by atoms with van der Waals surface area (Å²) in [5.41, 5.74) is -1.41. The molecule has 0 saturated heterocycles. The van der Waals surface area contributed by atoms with Crippen molar-refractivity contribution in [2.45, 2.75) is 96.2 Å². The highest BCUT2D eigenvalue weighted by molar-refractivity contribution is 5.76. The first kappa shape index (κ1) is 29.7. The van der Waals surface area contributed by atoms with Crippen molar-refractivity contribution in [3.05, 3.63) is 0 Å². The van der Waals surface area contributed by atoms with E-state index in [-0.39, 0.29) is 12.5 Å². The smallest absolute Gasteiger partial charge is 0.411 e. The summed E-state index contributed by atoms with van der Waals surface area (Å²) in [7, 11) is 0. The summed E-state index contributed by atoms with van der Waals surface area (Å²) in [5, 5.41) is 0. The van der Waals surface area contributed by atoms with Gasteiger partial charge in [-0.1, -0.05) is 13.8 Å². The van der Waals surface area contributed by atoms with Gasteiger partial charge in [-0.25, -0.2) is 0 Å². The van der Waals surface area contributed by atoms with Crippen molar-refractivity contribution in [3.63, 3.8) is 0 Å². The maximum Gasteiger partial charge on any atom is 0.411 e.